The second-order valence-corrected chi connectivity index (χ2v) is 9.06. The van der Waals surface area contributed by atoms with Gasteiger partial charge in [0, 0.05) is 15.9 Å². The number of carbonyl (C=O) groups is 2. The van der Waals surface area contributed by atoms with Crippen molar-refractivity contribution in [1.82, 2.24) is 0 Å². The molecule has 0 fully saturated rings. The van der Waals surface area contributed by atoms with Crippen molar-refractivity contribution in [1.29, 1.82) is 0 Å². The van der Waals surface area contributed by atoms with Gasteiger partial charge in [0.1, 0.15) is 5.82 Å². The predicted molar refractivity (Wildman–Crippen MR) is 133 cm³/mol. The van der Waals surface area contributed by atoms with Gasteiger partial charge in [-0.05, 0) is 49.2 Å². The highest BCUT2D eigenvalue weighted by Gasteiger charge is 2.42. The number of nitrogens with two attached hydrogens (primary N) is 1. The third-order valence-corrected chi connectivity index (χ3v) is 6.34. The highest BCUT2D eigenvalue weighted by molar-refractivity contribution is 9.10. The lowest BCUT2D eigenvalue weighted by atomic mass is 9.80. The lowest BCUT2D eigenvalue weighted by Crippen LogP contribution is -2.39. The minimum atomic E-state index is -4.60. The van der Waals surface area contributed by atoms with E-state index in [1.165, 1.54) is 24.1 Å². The fourth-order valence-corrected chi connectivity index (χ4v) is 4.31. The summed E-state index contributed by atoms with van der Waals surface area (Å²) in [5.41, 5.74) is 6.44. The Morgan fingerprint density at radius 2 is 1.75 bits per heavy atom. The van der Waals surface area contributed by atoms with Crippen molar-refractivity contribution >= 4 is 33.6 Å². The number of allylic oxidation sites excluding steroid dienone is 1. The average molecular weight is 567 g/mol. The molecule has 1 atom stereocenters. The molecule has 0 aliphatic carbocycles. The number of hydrogen-bond acceptors (Lipinski definition) is 6. The number of nitrogens with zero attached hydrogens (tertiary/aromatic N) is 1. The Bertz CT molecular complexity index is 1210. The van der Waals surface area contributed by atoms with Crippen LogP contribution >= 0.6 is 15.9 Å². The van der Waals surface area contributed by atoms with E-state index in [0.717, 1.165) is 23.0 Å². The van der Waals surface area contributed by atoms with Crippen LogP contribution in [0.5, 0.6) is 0 Å². The third kappa shape index (κ3) is 5.59. The van der Waals surface area contributed by atoms with Crippen LogP contribution in [-0.2, 0) is 25.2 Å². The van der Waals surface area contributed by atoms with Gasteiger partial charge in [0.05, 0.1) is 36.3 Å². The first-order chi connectivity index (χ1) is 17.0. The molecule has 2 aromatic carbocycles. The fraction of sp³-hybridized carbons (Fsp3) is 0.308. The van der Waals surface area contributed by atoms with E-state index in [9.17, 15) is 22.8 Å². The molecule has 2 N–H and O–H groups in total. The van der Waals surface area contributed by atoms with E-state index in [0.29, 0.717) is 12.0 Å². The molecule has 2 aromatic rings. The molecule has 0 bridgehead atoms. The van der Waals surface area contributed by atoms with Crippen LogP contribution in [-0.4, -0.2) is 25.7 Å². The van der Waals surface area contributed by atoms with Crippen LogP contribution in [0.2, 0.25) is 0 Å². The summed E-state index contributed by atoms with van der Waals surface area (Å²) < 4.78 is 51.6. The van der Waals surface area contributed by atoms with Gasteiger partial charge in [-0.1, -0.05) is 47.5 Å². The number of benzene rings is 2. The lowest BCUT2D eigenvalue weighted by molar-refractivity contribution is -0.140. The number of hydrogen-bond donors (Lipinski definition) is 1. The van der Waals surface area contributed by atoms with Crippen molar-refractivity contribution in [3.8, 4) is 0 Å². The van der Waals surface area contributed by atoms with Crippen molar-refractivity contribution in [2.75, 3.05) is 18.6 Å². The molecule has 0 aromatic heterocycles. The summed E-state index contributed by atoms with van der Waals surface area (Å²) in [6.45, 7) is 3.60. The molecule has 3 rings (SSSR count). The van der Waals surface area contributed by atoms with Crippen molar-refractivity contribution < 1.29 is 32.2 Å². The second-order valence-electron chi connectivity index (χ2n) is 8.15. The predicted octanol–water partition coefficient (Wildman–Crippen LogP) is 6.03. The second kappa shape index (κ2) is 11.2. The first kappa shape index (κ1) is 27.3. The lowest BCUT2D eigenvalue weighted by Gasteiger charge is -2.37. The number of alkyl halides is 3. The smallest absolute Gasteiger partial charge is 0.416 e. The number of unbranched alkanes of at least 4 members (excludes halogenated alkanes) is 1. The zero-order chi connectivity index (χ0) is 26.6. The quantitative estimate of drug-likeness (QED) is 0.325. The van der Waals surface area contributed by atoms with Crippen LogP contribution in [0.4, 0.5) is 18.9 Å². The third-order valence-electron chi connectivity index (χ3n) is 5.81. The van der Waals surface area contributed by atoms with Gasteiger partial charge in [0.25, 0.3) is 0 Å². The molecule has 1 aliphatic heterocycles. The maximum atomic E-state index is 13.5. The normalized spacial score (nSPS) is 16.3. The SMILES string of the molecule is CCCCOC(=O)C1=C(N)N(c2cccc(C(F)(F)F)c2)C(C)=C(C(=O)OC)C1c1ccc(Br)cc1. The molecular weight excluding hydrogens is 541 g/mol. The van der Waals surface area contributed by atoms with Gasteiger partial charge < -0.3 is 20.1 Å². The van der Waals surface area contributed by atoms with Crippen LogP contribution in [0.15, 0.2) is 75.7 Å². The monoisotopic (exact) mass is 566 g/mol. The molecule has 192 valence electrons. The molecule has 6 nitrogen and oxygen atoms in total. The highest BCUT2D eigenvalue weighted by Crippen LogP contribution is 2.44. The van der Waals surface area contributed by atoms with Crippen molar-refractivity contribution in [2.24, 2.45) is 5.73 Å². The topological polar surface area (TPSA) is 81.9 Å². The van der Waals surface area contributed by atoms with Gasteiger partial charge in [0.15, 0.2) is 0 Å². The number of rotatable bonds is 7. The van der Waals surface area contributed by atoms with Gasteiger partial charge in [-0.25, -0.2) is 9.59 Å². The van der Waals surface area contributed by atoms with Gasteiger partial charge in [0.2, 0.25) is 0 Å². The van der Waals surface area contributed by atoms with E-state index in [2.05, 4.69) is 15.9 Å². The molecule has 0 radical (unpaired) electrons. The Labute approximate surface area is 215 Å². The van der Waals surface area contributed by atoms with Gasteiger partial charge in [-0.2, -0.15) is 13.2 Å². The number of esters is 2. The first-order valence-electron chi connectivity index (χ1n) is 11.2. The van der Waals surface area contributed by atoms with Gasteiger partial charge >= 0.3 is 18.1 Å². The number of halogens is 4. The van der Waals surface area contributed by atoms with Crippen LogP contribution in [0, 0.1) is 0 Å². The maximum absolute atomic E-state index is 13.5. The van der Waals surface area contributed by atoms with Crippen molar-refractivity contribution in [2.45, 2.75) is 38.8 Å². The highest BCUT2D eigenvalue weighted by atomic mass is 79.9. The Morgan fingerprint density at radius 3 is 2.33 bits per heavy atom. The Hall–Kier alpha value is -3.27. The Morgan fingerprint density at radius 1 is 1.08 bits per heavy atom. The summed E-state index contributed by atoms with van der Waals surface area (Å²) in [4.78, 5) is 27.7. The van der Waals surface area contributed by atoms with Crippen molar-refractivity contribution in [3.05, 3.63) is 86.8 Å². The first-order valence-corrected chi connectivity index (χ1v) is 12.0. The number of carbonyl (C=O) groups excluding carboxylic acids is 2. The fourth-order valence-electron chi connectivity index (χ4n) is 4.05. The largest absolute Gasteiger partial charge is 0.466 e. The molecule has 0 amide bonds. The summed E-state index contributed by atoms with van der Waals surface area (Å²) in [6, 6.07) is 11.4. The molecule has 1 unspecified atom stereocenters. The Balaban J connectivity index is 2.29. The summed E-state index contributed by atoms with van der Waals surface area (Å²) in [5, 5.41) is 0. The summed E-state index contributed by atoms with van der Waals surface area (Å²) in [6.07, 6.45) is -3.21. The van der Waals surface area contributed by atoms with E-state index in [4.69, 9.17) is 15.2 Å². The Kier molecular flexibility index (Phi) is 8.50. The zero-order valence-electron chi connectivity index (χ0n) is 20.0. The van der Waals surface area contributed by atoms with Gasteiger partial charge in [-0.3, -0.25) is 0 Å². The molecule has 0 spiro atoms. The van der Waals surface area contributed by atoms with Crippen LogP contribution < -0.4 is 10.6 Å². The van der Waals surface area contributed by atoms with Gasteiger partial charge in [-0.15, -0.1) is 0 Å². The molecule has 1 aliphatic rings. The summed E-state index contributed by atoms with van der Waals surface area (Å²) >= 11 is 3.37. The molecule has 0 saturated heterocycles. The number of ether oxygens (including phenoxy) is 2. The van der Waals surface area contributed by atoms with E-state index < -0.39 is 29.6 Å². The number of methoxy groups -OCH3 is 1. The minimum absolute atomic E-state index is 0.0364. The zero-order valence-corrected chi connectivity index (χ0v) is 21.6. The van der Waals surface area contributed by atoms with E-state index >= 15 is 0 Å². The summed E-state index contributed by atoms with van der Waals surface area (Å²) in [5.74, 6) is -2.60. The molecule has 1 heterocycles. The maximum Gasteiger partial charge on any atom is 0.416 e. The summed E-state index contributed by atoms with van der Waals surface area (Å²) in [7, 11) is 1.19. The van der Waals surface area contributed by atoms with E-state index in [1.54, 1.807) is 31.2 Å². The molecule has 10 heteroatoms. The van der Waals surface area contributed by atoms with Crippen LogP contribution in [0.1, 0.15) is 43.7 Å². The molecule has 0 saturated carbocycles. The van der Waals surface area contributed by atoms with Crippen LogP contribution in [0.25, 0.3) is 0 Å². The van der Waals surface area contributed by atoms with Crippen molar-refractivity contribution in [3.63, 3.8) is 0 Å². The van der Waals surface area contributed by atoms with E-state index in [-0.39, 0.29) is 35.0 Å². The standard InChI is InChI=1S/C26H26BrF3N2O4/c1-4-5-13-36-25(34)22-21(16-9-11-18(27)12-10-16)20(24(33)35-3)15(2)32(23(22)31)19-8-6-7-17(14-19)26(28,29)30/h6-12,14,21H,4-5,13,31H2,1-3H3. The average Bonchev–Trinajstić information content (AvgIpc) is 2.83. The minimum Gasteiger partial charge on any atom is -0.466 e. The van der Waals surface area contributed by atoms with Crippen LogP contribution in [0.3, 0.4) is 0 Å². The number of anilines is 1. The molecule has 36 heavy (non-hydrogen) atoms. The van der Waals surface area contributed by atoms with E-state index in [1.807, 2.05) is 6.92 Å². The molecular formula is C26H26BrF3N2O4.